The number of benzene rings is 2. The van der Waals surface area contributed by atoms with Gasteiger partial charge in [-0.05, 0) is 58.1 Å². The normalized spacial score (nSPS) is 10.6. The predicted octanol–water partition coefficient (Wildman–Crippen LogP) is 2.75. The predicted molar refractivity (Wildman–Crippen MR) is 83.3 cm³/mol. The van der Waals surface area contributed by atoms with Crippen LogP contribution in [0.25, 0.3) is 16.8 Å². The van der Waals surface area contributed by atoms with Gasteiger partial charge in [0.05, 0.1) is 11.3 Å². The van der Waals surface area contributed by atoms with Gasteiger partial charge < -0.3 is 5.11 Å². The summed E-state index contributed by atoms with van der Waals surface area (Å²) in [4.78, 5) is 12.5. The first-order valence-electron chi connectivity index (χ1n) is 6.43. The number of aromatic nitrogens is 4. The van der Waals surface area contributed by atoms with Crippen molar-refractivity contribution in [1.82, 2.24) is 20.2 Å². The molecule has 0 saturated heterocycles. The van der Waals surface area contributed by atoms with E-state index in [1.165, 1.54) is 11.0 Å². The van der Waals surface area contributed by atoms with Gasteiger partial charge in [-0.1, -0.05) is 12.1 Å². The molecule has 2 aromatic carbocycles. The summed E-state index contributed by atoms with van der Waals surface area (Å²) in [7, 11) is 0. The van der Waals surface area contributed by atoms with Crippen molar-refractivity contribution in [2.75, 3.05) is 6.26 Å². The molecule has 0 saturated carbocycles. The van der Waals surface area contributed by atoms with Crippen LogP contribution in [0.15, 0.2) is 53.7 Å². The van der Waals surface area contributed by atoms with E-state index < -0.39 is 5.97 Å². The molecule has 0 spiro atoms. The third kappa shape index (κ3) is 2.84. The zero-order valence-electron chi connectivity index (χ0n) is 11.7. The molecule has 1 N–H and O–H groups in total. The molecule has 3 aromatic rings. The molecule has 0 bridgehead atoms. The summed E-state index contributed by atoms with van der Waals surface area (Å²) in [6.07, 6.45) is 3.44. The topological polar surface area (TPSA) is 80.9 Å². The number of aromatic carboxylic acids is 1. The number of hydrogen-bond acceptors (Lipinski definition) is 5. The van der Waals surface area contributed by atoms with Gasteiger partial charge in [0.2, 0.25) is 0 Å². The maximum Gasteiger partial charge on any atom is 0.335 e. The first-order valence-corrected chi connectivity index (χ1v) is 7.66. The van der Waals surface area contributed by atoms with Crippen LogP contribution >= 0.6 is 11.8 Å². The number of hydrogen-bond donors (Lipinski definition) is 1. The van der Waals surface area contributed by atoms with Gasteiger partial charge in [-0.3, -0.25) is 0 Å². The van der Waals surface area contributed by atoms with E-state index >= 15 is 0 Å². The van der Waals surface area contributed by atoms with Crippen molar-refractivity contribution < 1.29 is 9.90 Å². The van der Waals surface area contributed by atoms with E-state index in [0.717, 1.165) is 16.0 Å². The van der Waals surface area contributed by atoms with Crippen molar-refractivity contribution >= 4 is 17.7 Å². The number of tetrazole rings is 1. The molecule has 1 aromatic heterocycles. The second kappa shape index (κ2) is 5.98. The fourth-order valence-corrected chi connectivity index (χ4v) is 2.50. The maximum absolute atomic E-state index is 11.3. The van der Waals surface area contributed by atoms with Gasteiger partial charge in [-0.2, -0.15) is 0 Å². The molecule has 6 nitrogen and oxygen atoms in total. The largest absolute Gasteiger partial charge is 0.478 e. The minimum atomic E-state index is -0.989. The SMILES string of the molecule is CSc1ccc(-c2cc(C(=O)O)cc(-n3cnnn3)c2)cc1. The van der Waals surface area contributed by atoms with Crippen molar-refractivity contribution in [2.45, 2.75) is 4.90 Å². The average molecular weight is 312 g/mol. The van der Waals surface area contributed by atoms with Crippen LogP contribution in [0.2, 0.25) is 0 Å². The first-order chi connectivity index (χ1) is 10.7. The molecule has 0 radical (unpaired) electrons. The van der Waals surface area contributed by atoms with E-state index in [4.69, 9.17) is 0 Å². The lowest BCUT2D eigenvalue weighted by Gasteiger charge is -2.08. The van der Waals surface area contributed by atoms with Crippen LogP contribution in [0.4, 0.5) is 0 Å². The van der Waals surface area contributed by atoms with Crippen LogP contribution in [0.3, 0.4) is 0 Å². The van der Waals surface area contributed by atoms with E-state index in [1.807, 2.05) is 36.6 Å². The Hall–Kier alpha value is -2.67. The lowest BCUT2D eigenvalue weighted by molar-refractivity contribution is 0.0697. The van der Waals surface area contributed by atoms with E-state index in [9.17, 15) is 9.90 Å². The van der Waals surface area contributed by atoms with Crippen molar-refractivity contribution in [3.63, 3.8) is 0 Å². The first kappa shape index (κ1) is 14.3. The Balaban J connectivity index is 2.11. The standard InChI is InChI=1S/C15H12N4O2S/c1-22-14-4-2-10(3-5-14)11-6-12(15(20)21)8-13(7-11)19-9-16-17-18-19/h2-9H,1H3,(H,20,21). The Kier molecular flexibility index (Phi) is 3.88. The molecule has 3 rings (SSSR count). The van der Waals surface area contributed by atoms with Crippen molar-refractivity contribution in [3.8, 4) is 16.8 Å². The van der Waals surface area contributed by atoms with Gasteiger partial charge in [0.25, 0.3) is 0 Å². The van der Waals surface area contributed by atoms with Crippen LogP contribution in [0.5, 0.6) is 0 Å². The monoisotopic (exact) mass is 312 g/mol. The van der Waals surface area contributed by atoms with Crippen LogP contribution in [0.1, 0.15) is 10.4 Å². The molecule has 110 valence electrons. The van der Waals surface area contributed by atoms with E-state index in [1.54, 1.807) is 23.9 Å². The Bertz CT molecular complexity index is 801. The second-order valence-corrected chi connectivity index (χ2v) is 5.44. The second-order valence-electron chi connectivity index (χ2n) is 4.56. The van der Waals surface area contributed by atoms with E-state index in [0.29, 0.717) is 5.69 Å². The molecule has 0 fully saturated rings. The lowest BCUT2D eigenvalue weighted by Crippen LogP contribution is -2.02. The minimum Gasteiger partial charge on any atom is -0.478 e. The smallest absolute Gasteiger partial charge is 0.335 e. The van der Waals surface area contributed by atoms with Crippen LogP contribution < -0.4 is 0 Å². The fourth-order valence-electron chi connectivity index (χ4n) is 2.10. The van der Waals surface area contributed by atoms with Crippen molar-refractivity contribution in [1.29, 1.82) is 0 Å². The zero-order valence-corrected chi connectivity index (χ0v) is 12.5. The number of carbonyl (C=O) groups is 1. The van der Waals surface area contributed by atoms with E-state index in [2.05, 4.69) is 15.5 Å². The molecule has 0 amide bonds. The van der Waals surface area contributed by atoms with E-state index in [-0.39, 0.29) is 5.56 Å². The average Bonchev–Trinajstić information content (AvgIpc) is 3.09. The Labute approximate surface area is 130 Å². The van der Waals surface area contributed by atoms with Gasteiger partial charge in [-0.25, -0.2) is 9.48 Å². The molecule has 7 heteroatoms. The molecule has 22 heavy (non-hydrogen) atoms. The van der Waals surface area contributed by atoms with Gasteiger partial charge in [0, 0.05) is 4.90 Å². The molecular weight excluding hydrogens is 300 g/mol. The molecule has 0 atom stereocenters. The summed E-state index contributed by atoms with van der Waals surface area (Å²) >= 11 is 1.66. The zero-order chi connectivity index (χ0) is 15.5. The Morgan fingerprint density at radius 2 is 1.91 bits per heavy atom. The highest BCUT2D eigenvalue weighted by Crippen LogP contribution is 2.26. The third-order valence-corrected chi connectivity index (χ3v) is 3.95. The van der Waals surface area contributed by atoms with Crippen molar-refractivity contribution in [3.05, 3.63) is 54.4 Å². The quantitative estimate of drug-likeness (QED) is 0.746. The van der Waals surface area contributed by atoms with Gasteiger partial charge >= 0.3 is 5.97 Å². The summed E-state index contributed by atoms with van der Waals surface area (Å²) in [5.41, 5.74) is 2.54. The summed E-state index contributed by atoms with van der Waals surface area (Å²) in [6, 6.07) is 13.0. The Morgan fingerprint density at radius 3 is 2.50 bits per heavy atom. The number of carboxylic acid groups (broad SMARTS) is 1. The number of nitrogens with zero attached hydrogens (tertiary/aromatic N) is 4. The van der Waals surface area contributed by atoms with Gasteiger partial charge in [-0.15, -0.1) is 16.9 Å². The highest BCUT2D eigenvalue weighted by atomic mass is 32.2. The van der Waals surface area contributed by atoms with Crippen molar-refractivity contribution in [2.24, 2.45) is 0 Å². The van der Waals surface area contributed by atoms with Crippen LogP contribution in [-0.4, -0.2) is 37.5 Å². The van der Waals surface area contributed by atoms with Gasteiger partial charge in [0.1, 0.15) is 6.33 Å². The summed E-state index contributed by atoms with van der Waals surface area (Å²) in [6.45, 7) is 0. The summed E-state index contributed by atoms with van der Waals surface area (Å²) < 4.78 is 1.44. The molecule has 0 aliphatic rings. The van der Waals surface area contributed by atoms with Crippen LogP contribution in [-0.2, 0) is 0 Å². The van der Waals surface area contributed by atoms with Gasteiger partial charge in [0.15, 0.2) is 0 Å². The molecular formula is C15H12N4O2S. The van der Waals surface area contributed by atoms with Crippen LogP contribution in [0, 0.1) is 0 Å². The number of carboxylic acids is 1. The summed E-state index contributed by atoms with van der Waals surface area (Å²) in [5, 5.41) is 20.3. The lowest BCUT2D eigenvalue weighted by atomic mass is 10.0. The Morgan fingerprint density at radius 1 is 1.14 bits per heavy atom. The summed E-state index contributed by atoms with van der Waals surface area (Å²) in [5.74, 6) is -0.989. The minimum absolute atomic E-state index is 0.192. The highest BCUT2D eigenvalue weighted by molar-refractivity contribution is 7.98. The highest BCUT2D eigenvalue weighted by Gasteiger charge is 2.10. The molecule has 0 aliphatic heterocycles. The third-order valence-electron chi connectivity index (χ3n) is 3.20. The molecule has 1 heterocycles. The fraction of sp³-hybridized carbons (Fsp3) is 0.0667. The number of rotatable bonds is 4. The maximum atomic E-state index is 11.3. The molecule has 0 aliphatic carbocycles. The number of thioether (sulfide) groups is 1. The molecule has 0 unspecified atom stereocenters.